The summed E-state index contributed by atoms with van der Waals surface area (Å²) >= 11 is 0. The summed E-state index contributed by atoms with van der Waals surface area (Å²) in [4.78, 5) is 11.2. The van der Waals surface area contributed by atoms with Crippen LogP contribution < -0.4 is 5.32 Å². The number of rotatable bonds is 6. The number of hydrogen-bond acceptors (Lipinski definition) is 3. The van der Waals surface area contributed by atoms with Crippen molar-refractivity contribution in [2.45, 2.75) is 57.5 Å². The van der Waals surface area contributed by atoms with Gasteiger partial charge in [-0.3, -0.25) is 9.48 Å². The lowest BCUT2D eigenvalue weighted by Gasteiger charge is -2.15. The minimum absolute atomic E-state index is 0.159. The Morgan fingerprint density at radius 2 is 2.10 bits per heavy atom. The van der Waals surface area contributed by atoms with Gasteiger partial charge in [0.15, 0.2) is 0 Å². The summed E-state index contributed by atoms with van der Waals surface area (Å²) < 4.78 is 2.11. The van der Waals surface area contributed by atoms with Gasteiger partial charge in [-0.2, -0.15) is 5.10 Å². The van der Waals surface area contributed by atoms with E-state index in [1.54, 1.807) is 0 Å². The largest absolute Gasteiger partial charge is 0.481 e. The summed E-state index contributed by atoms with van der Waals surface area (Å²) in [5.74, 6) is -0.516. The molecule has 0 spiro atoms. The smallest absolute Gasteiger partial charge is 0.306 e. The summed E-state index contributed by atoms with van der Waals surface area (Å²) in [5, 5.41) is 17.2. The van der Waals surface area contributed by atoms with Crippen LogP contribution in [0.15, 0.2) is 12.3 Å². The van der Waals surface area contributed by atoms with Crippen LogP contribution >= 0.6 is 0 Å². The van der Waals surface area contributed by atoms with E-state index >= 15 is 0 Å². The van der Waals surface area contributed by atoms with Crippen LogP contribution in [-0.2, 0) is 11.3 Å². The summed E-state index contributed by atoms with van der Waals surface area (Å²) in [6, 6.07) is 2.67. The molecule has 2 unspecified atom stereocenters. The lowest BCUT2D eigenvalue weighted by atomic mass is 9.96. The van der Waals surface area contributed by atoms with E-state index in [9.17, 15) is 9.90 Å². The standard InChI is InChI=1S/C16H25N3O2/c20-16(21)15-7-3-4-12(15)10-17-11-13-8-9-19(18-13)14-5-1-2-6-14/h8-9,12,14-15,17H,1-7,10-11H2,(H,20,21). The zero-order chi connectivity index (χ0) is 14.7. The highest BCUT2D eigenvalue weighted by molar-refractivity contribution is 5.70. The summed E-state index contributed by atoms with van der Waals surface area (Å²) in [6.45, 7) is 1.52. The van der Waals surface area contributed by atoms with Crippen molar-refractivity contribution in [1.29, 1.82) is 0 Å². The molecule has 3 rings (SSSR count). The number of carbonyl (C=O) groups is 1. The van der Waals surface area contributed by atoms with E-state index in [0.717, 1.165) is 38.0 Å². The van der Waals surface area contributed by atoms with Crippen LogP contribution in [0.4, 0.5) is 0 Å². The molecular weight excluding hydrogens is 266 g/mol. The van der Waals surface area contributed by atoms with Gasteiger partial charge in [0, 0.05) is 12.7 Å². The zero-order valence-electron chi connectivity index (χ0n) is 12.5. The second-order valence-corrected chi connectivity index (χ2v) is 6.49. The number of hydrogen-bond donors (Lipinski definition) is 2. The van der Waals surface area contributed by atoms with E-state index in [4.69, 9.17) is 0 Å². The second-order valence-electron chi connectivity index (χ2n) is 6.49. The van der Waals surface area contributed by atoms with Crippen molar-refractivity contribution < 1.29 is 9.90 Å². The molecule has 21 heavy (non-hydrogen) atoms. The number of carboxylic acid groups (broad SMARTS) is 1. The molecule has 1 heterocycles. The van der Waals surface area contributed by atoms with Gasteiger partial charge in [0.05, 0.1) is 17.7 Å². The highest BCUT2D eigenvalue weighted by Crippen LogP contribution is 2.31. The van der Waals surface area contributed by atoms with Gasteiger partial charge in [0.25, 0.3) is 0 Å². The Hall–Kier alpha value is -1.36. The average Bonchev–Trinajstić information content (AvgIpc) is 3.20. The maximum absolute atomic E-state index is 11.2. The van der Waals surface area contributed by atoms with Crippen LogP contribution in [0.3, 0.4) is 0 Å². The van der Waals surface area contributed by atoms with Crippen molar-refractivity contribution in [1.82, 2.24) is 15.1 Å². The molecule has 0 bridgehead atoms. The Kier molecular flexibility index (Phi) is 4.58. The monoisotopic (exact) mass is 291 g/mol. The van der Waals surface area contributed by atoms with E-state index in [0.29, 0.717) is 6.04 Å². The first-order chi connectivity index (χ1) is 10.2. The Morgan fingerprint density at radius 1 is 1.29 bits per heavy atom. The predicted octanol–water partition coefficient (Wildman–Crippen LogP) is 2.59. The highest BCUT2D eigenvalue weighted by atomic mass is 16.4. The van der Waals surface area contributed by atoms with Gasteiger partial charge in [-0.1, -0.05) is 19.3 Å². The molecule has 0 amide bonds. The first kappa shape index (κ1) is 14.6. The number of aliphatic carboxylic acids is 1. The van der Waals surface area contributed by atoms with Gasteiger partial charge in [-0.15, -0.1) is 0 Å². The fraction of sp³-hybridized carbons (Fsp3) is 0.750. The average molecular weight is 291 g/mol. The second kappa shape index (κ2) is 6.60. The van der Waals surface area contributed by atoms with Crippen LogP contribution in [0.5, 0.6) is 0 Å². The van der Waals surface area contributed by atoms with Crippen molar-refractivity contribution in [3.8, 4) is 0 Å². The molecule has 2 fully saturated rings. The van der Waals surface area contributed by atoms with Crippen LogP contribution in [-0.4, -0.2) is 27.4 Å². The van der Waals surface area contributed by atoms with E-state index < -0.39 is 5.97 Å². The Balaban J connectivity index is 1.46. The number of nitrogens with one attached hydrogen (secondary N) is 1. The molecule has 2 N–H and O–H groups in total. The number of nitrogens with zero attached hydrogens (tertiary/aromatic N) is 2. The van der Waals surface area contributed by atoms with E-state index in [1.165, 1.54) is 25.7 Å². The van der Waals surface area contributed by atoms with Crippen molar-refractivity contribution in [2.75, 3.05) is 6.54 Å². The van der Waals surface area contributed by atoms with Crippen LogP contribution in [0.1, 0.15) is 56.7 Å². The van der Waals surface area contributed by atoms with Crippen molar-refractivity contribution in [3.63, 3.8) is 0 Å². The summed E-state index contributed by atoms with van der Waals surface area (Å²) in [5.41, 5.74) is 1.06. The lowest BCUT2D eigenvalue weighted by molar-refractivity contribution is -0.142. The van der Waals surface area contributed by atoms with Crippen LogP contribution in [0.2, 0.25) is 0 Å². The third-order valence-corrected chi connectivity index (χ3v) is 5.05. The molecule has 1 aromatic rings. The summed E-state index contributed by atoms with van der Waals surface area (Å²) in [7, 11) is 0. The van der Waals surface area contributed by atoms with Gasteiger partial charge in [-0.05, 0) is 44.2 Å². The summed E-state index contributed by atoms with van der Waals surface area (Å²) in [6.07, 6.45) is 10.1. The maximum atomic E-state index is 11.2. The SMILES string of the molecule is O=C(O)C1CCCC1CNCc1ccn(C2CCCC2)n1. The first-order valence-electron chi connectivity index (χ1n) is 8.21. The molecule has 0 aromatic carbocycles. The van der Waals surface area contributed by atoms with Crippen LogP contribution in [0.25, 0.3) is 0 Å². The van der Waals surface area contributed by atoms with Crippen LogP contribution in [0, 0.1) is 11.8 Å². The molecule has 5 nitrogen and oxygen atoms in total. The van der Waals surface area contributed by atoms with E-state index in [1.807, 2.05) is 0 Å². The third kappa shape index (κ3) is 3.46. The number of aromatic nitrogens is 2. The fourth-order valence-electron chi connectivity index (χ4n) is 3.84. The predicted molar refractivity (Wildman–Crippen MR) is 79.9 cm³/mol. The lowest BCUT2D eigenvalue weighted by Crippen LogP contribution is -2.28. The maximum Gasteiger partial charge on any atom is 0.306 e. The normalized spacial score (nSPS) is 26.5. The van der Waals surface area contributed by atoms with Gasteiger partial charge in [-0.25, -0.2) is 0 Å². The molecule has 2 aliphatic rings. The minimum atomic E-state index is -0.634. The topological polar surface area (TPSA) is 67.2 Å². The van der Waals surface area contributed by atoms with Gasteiger partial charge in [0.2, 0.25) is 0 Å². The minimum Gasteiger partial charge on any atom is -0.481 e. The van der Waals surface area contributed by atoms with Gasteiger partial charge in [0.1, 0.15) is 0 Å². The molecule has 2 saturated carbocycles. The molecule has 116 valence electrons. The molecule has 0 saturated heterocycles. The molecule has 0 aliphatic heterocycles. The van der Waals surface area contributed by atoms with Crippen molar-refractivity contribution >= 4 is 5.97 Å². The van der Waals surface area contributed by atoms with Crippen molar-refractivity contribution in [2.24, 2.45) is 11.8 Å². The molecule has 5 heteroatoms. The Labute approximate surface area is 125 Å². The molecule has 0 radical (unpaired) electrons. The number of carboxylic acids is 1. The van der Waals surface area contributed by atoms with Gasteiger partial charge >= 0.3 is 5.97 Å². The third-order valence-electron chi connectivity index (χ3n) is 5.05. The molecular formula is C16H25N3O2. The molecule has 2 aliphatic carbocycles. The van der Waals surface area contributed by atoms with E-state index in [-0.39, 0.29) is 11.8 Å². The van der Waals surface area contributed by atoms with Crippen molar-refractivity contribution in [3.05, 3.63) is 18.0 Å². The molecule has 1 aromatic heterocycles. The Morgan fingerprint density at radius 3 is 2.86 bits per heavy atom. The quantitative estimate of drug-likeness (QED) is 0.845. The highest BCUT2D eigenvalue weighted by Gasteiger charge is 2.32. The first-order valence-corrected chi connectivity index (χ1v) is 8.21. The van der Waals surface area contributed by atoms with Gasteiger partial charge < -0.3 is 10.4 Å². The van der Waals surface area contributed by atoms with E-state index in [2.05, 4.69) is 27.4 Å². The zero-order valence-corrected chi connectivity index (χ0v) is 12.5. The Bertz CT molecular complexity index is 480. The molecule has 2 atom stereocenters. The fourth-order valence-corrected chi connectivity index (χ4v) is 3.84.